The van der Waals surface area contributed by atoms with Crippen LogP contribution in [0.4, 0.5) is 10.1 Å². The molecule has 0 aliphatic heterocycles. The van der Waals surface area contributed by atoms with Crippen LogP contribution < -0.4 is 5.32 Å². The summed E-state index contributed by atoms with van der Waals surface area (Å²) in [6.45, 7) is 2.01. The first kappa shape index (κ1) is 19.6. The van der Waals surface area contributed by atoms with Crippen molar-refractivity contribution in [2.24, 2.45) is 0 Å². The van der Waals surface area contributed by atoms with E-state index in [1.165, 1.54) is 28.6 Å². The quantitative estimate of drug-likeness (QED) is 0.482. The molecule has 0 fully saturated rings. The molecule has 1 N–H and O–H groups in total. The number of ether oxygens (including phenoxy) is 1. The van der Waals surface area contributed by atoms with Crippen LogP contribution in [-0.4, -0.2) is 34.0 Å². The third-order valence-corrected chi connectivity index (χ3v) is 4.66. The van der Waals surface area contributed by atoms with Crippen LogP contribution in [0.2, 0.25) is 0 Å². The maximum Gasteiger partial charge on any atom is 0.358 e. The van der Waals surface area contributed by atoms with E-state index >= 15 is 0 Å². The summed E-state index contributed by atoms with van der Waals surface area (Å²) in [5.74, 6) is -0.775. The highest BCUT2D eigenvalue weighted by Crippen LogP contribution is 2.19. The number of hydrogen-bond acceptors (Lipinski definition) is 5. The molecular formula is C20H18FN3O3S. The zero-order chi connectivity index (χ0) is 19.9. The van der Waals surface area contributed by atoms with Crippen molar-refractivity contribution in [3.8, 4) is 5.69 Å². The number of amides is 1. The highest BCUT2D eigenvalue weighted by Gasteiger charge is 2.11. The highest BCUT2D eigenvalue weighted by atomic mass is 32.2. The Labute approximate surface area is 165 Å². The van der Waals surface area contributed by atoms with Crippen LogP contribution in [0.15, 0.2) is 65.7 Å². The van der Waals surface area contributed by atoms with Gasteiger partial charge in [0.2, 0.25) is 5.91 Å². The number of thioether (sulfide) groups is 1. The first-order chi connectivity index (χ1) is 13.5. The van der Waals surface area contributed by atoms with Crippen molar-refractivity contribution in [2.75, 3.05) is 17.7 Å². The molecule has 0 aliphatic rings. The minimum atomic E-state index is -0.483. The van der Waals surface area contributed by atoms with E-state index in [2.05, 4.69) is 10.4 Å². The van der Waals surface area contributed by atoms with Crippen molar-refractivity contribution in [3.63, 3.8) is 0 Å². The number of esters is 1. The summed E-state index contributed by atoms with van der Waals surface area (Å²) in [6, 6.07) is 14.7. The van der Waals surface area contributed by atoms with Crippen molar-refractivity contribution in [1.82, 2.24) is 9.78 Å². The zero-order valence-electron chi connectivity index (χ0n) is 15.1. The highest BCUT2D eigenvalue weighted by molar-refractivity contribution is 8.00. The van der Waals surface area contributed by atoms with Crippen molar-refractivity contribution in [3.05, 3.63) is 72.3 Å². The molecule has 0 atom stereocenters. The molecule has 6 nitrogen and oxygen atoms in total. The third kappa shape index (κ3) is 5.20. The number of halogens is 1. The summed E-state index contributed by atoms with van der Waals surface area (Å²) >= 11 is 1.32. The average Bonchev–Trinajstić information content (AvgIpc) is 3.18. The summed E-state index contributed by atoms with van der Waals surface area (Å²) in [5, 5.41) is 7.01. The fourth-order valence-electron chi connectivity index (χ4n) is 2.38. The molecule has 1 amide bonds. The van der Waals surface area contributed by atoms with Gasteiger partial charge in [0.05, 0.1) is 18.0 Å². The lowest BCUT2D eigenvalue weighted by molar-refractivity contribution is -0.113. The Morgan fingerprint density at radius 1 is 1.18 bits per heavy atom. The maximum atomic E-state index is 12.9. The minimum Gasteiger partial charge on any atom is -0.461 e. The van der Waals surface area contributed by atoms with E-state index in [4.69, 9.17) is 4.74 Å². The number of carbonyl (C=O) groups is 2. The lowest BCUT2D eigenvalue weighted by atomic mass is 10.3. The van der Waals surface area contributed by atoms with Gasteiger partial charge < -0.3 is 10.1 Å². The Morgan fingerprint density at radius 3 is 2.71 bits per heavy atom. The largest absolute Gasteiger partial charge is 0.461 e. The predicted molar refractivity (Wildman–Crippen MR) is 105 cm³/mol. The molecule has 8 heteroatoms. The van der Waals surface area contributed by atoms with Gasteiger partial charge in [-0.1, -0.05) is 6.07 Å². The number of benzene rings is 2. The van der Waals surface area contributed by atoms with E-state index in [0.717, 1.165) is 4.90 Å². The number of nitrogens with one attached hydrogen (secondary N) is 1. The standard InChI is InChI=1S/C20H18FN3O3S/c1-2-27-20(26)18-10-11-24(23-18)16-5-3-4-15(12-16)22-19(25)13-28-17-8-6-14(21)7-9-17/h3-12H,2,13H2,1H3,(H,22,25). The Kier molecular flexibility index (Phi) is 6.44. The van der Waals surface area contributed by atoms with Gasteiger partial charge in [-0.2, -0.15) is 5.10 Å². The molecule has 0 unspecified atom stereocenters. The lowest BCUT2D eigenvalue weighted by Gasteiger charge is -2.08. The monoisotopic (exact) mass is 399 g/mol. The Balaban J connectivity index is 1.62. The molecule has 0 saturated carbocycles. The summed E-state index contributed by atoms with van der Waals surface area (Å²) < 4.78 is 19.4. The fourth-order valence-corrected chi connectivity index (χ4v) is 3.08. The molecule has 144 valence electrons. The Morgan fingerprint density at radius 2 is 1.96 bits per heavy atom. The first-order valence-electron chi connectivity index (χ1n) is 8.56. The number of aromatic nitrogens is 2. The van der Waals surface area contributed by atoms with Crippen LogP contribution in [0.3, 0.4) is 0 Å². The van der Waals surface area contributed by atoms with Crippen LogP contribution >= 0.6 is 11.8 Å². The molecule has 0 radical (unpaired) electrons. The van der Waals surface area contributed by atoms with Crippen LogP contribution in [0.1, 0.15) is 17.4 Å². The second kappa shape index (κ2) is 9.18. The van der Waals surface area contributed by atoms with Gasteiger partial charge in [-0.05, 0) is 55.5 Å². The van der Waals surface area contributed by atoms with Gasteiger partial charge in [0.25, 0.3) is 0 Å². The van der Waals surface area contributed by atoms with E-state index in [-0.39, 0.29) is 29.8 Å². The molecule has 1 aromatic heterocycles. The van der Waals surface area contributed by atoms with Crippen molar-refractivity contribution >= 4 is 29.3 Å². The molecule has 0 saturated heterocycles. The minimum absolute atomic E-state index is 0.181. The number of rotatable bonds is 7. The van der Waals surface area contributed by atoms with Crippen LogP contribution in [-0.2, 0) is 9.53 Å². The van der Waals surface area contributed by atoms with E-state index in [1.807, 2.05) is 6.07 Å². The Bertz CT molecular complexity index is 973. The molecule has 0 bridgehead atoms. The summed E-state index contributed by atoms with van der Waals surface area (Å²) in [6.07, 6.45) is 1.65. The van der Waals surface area contributed by atoms with Crippen LogP contribution in [0.5, 0.6) is 0 Å². The van der Waals surface area contributed by atoms with Gasteiger partial charge in [0.1, 0.15) is 5.82 Å². The SMILES string of the molecule is CCOC(=O)c1ccn(-c2cccc(NC(=O)CSc3ccc(F)cc3)c2)n1. The number of hydrogen-bond donors (Lipinski definition) is 1. The number of anilines is 1. The van der Waals surface area contributed by atoms with E-state index in [0.29, 0.717) is 11.4 Å². The van der Waals surface area contributed by atoms with Crippen LogP contribution in [0.25, 0.3) is 5.69 Å². The first-order valence-corrected chi connectivity index (χ1v) is 9.55. The number of carbonyl (C=O) groups excluding carboxylic acids is 2. The molecule has 3 aromatic rings. The van der Waals surface area contributed by atoms with Crippen molar-refractivity contribution in [2.45, 2.75) is 11.8 Å². The van der Waals surface area contributed by atoms with Gasteiger partial charge >= 0.3 is 5.97 Å². The number of nitrogens with zero attached hydrogens (tertiary/aromatic N) is 2. The summed E-state index contributed by atoms with van der Waals surface area (Å²) in [4.78, 5) is 24.7. The van der Waals surface area contributed by atoms with Gasteiger partial charge in [-0.3, -0.25) is 4.79 Å². The predicted octanol–water partition coefficient (Wildman–Crippen LogP) is 3.92. The van der Waals surface area contributed by atoms with E-state index < -0.39 is 5.97 Å². The molecule has 28 heavy (non-hydrogen) atoms. The zero-order valence-corrected chi connectivity index (χ0v) is 15.9. The van der Waals surface area contributed by atoms with Crippen LogP contribution in [0, 0.1) is 5.82 Å². The van der Waals surface area contributed by atoms with E-state index in [9.17, 15) is 14.0 Å². The van der Waals surface area contributed by atoms with Gasteiger partial charge in [0, 0.05) is 16.8 Å². The van der Waals surface area contributed by atoms with Crippen molar-refractivity contribution < 1.29 is 18.7 Å². The molecule has 0 spiro atoms. The molecule has 3 rings (SSSR count). The van der Waals surface area contributed by atoms with Gasteiger partial charge in [-0.25, -0.2) is 13.9 Å². The molecule has 2 aromatic carbocycles. The van der Waals surface area contributed by atoms with E-state index in [1.54, 1.807) is 49.5 Å². The van der Waals surface area contributed by atoms with Crippen molar-refractivity contribution in [1.29, 1.82) is 0 Å². The second-order valence-corrected chi connectivity index (χ2v) is 6.76. The molecular weight excluding hydrogens is 381 g/mol. The Hall–Kier alpha value is -3.13. The van der Waals surface area contributed by atoms with Gasteiger partial charge in [-0.15, -0.1) is 11.8 Å². The molecule has 0 aliphatic carbocycles. The maximum absolute atomic E-state index is 12.9. The molecule has 1 heterocycles. The smallest absolute Gasteiger partial charge is 0.358 e. The summed E-state index contributed by atoms with van der Waals surface area (Å²) in [5.41, 5.74) is 1.52. The fraction of sp³-hybridized carbons (Fsp3) is 0.150. The average molecular weight is 399 g/mol. The lowest BCUT2D eigenvalue weighted by Crippen LogP contribution is -2.14. The normalized spacial score (nSPS) is 10.5. The summed E-state index contributed by atoms with van der Waals surface area (Å²) in [7, 11) is 0. The van der Waals surface area contributed by atoms with Gasteiger partial charge in [0.15, 0.2) is 5.69 Å². The third-order valence-electron chi connectivity index (χ3n) is 3.65. The second-order valence-electron chi connectivity index (χ2n) is 5.71. The topological polar surface area (TPSA) is 73.2 Å².